The molecular formula is C9H6ClF3O2. The van der Waals surface area contributed by atoms with E-state index in [0.717, 1.165) is 6.07 Å². The van der Waals surface area contributed by atoms with Crippen LogP contribution in [0.5, 0.6) is 0 Å². The van der Waals surface area contributed by atoms with Crippen molar-refractivity contribution in [2.45, 2.75) is 13.1 Å². The number of aromatic carboxylic acids is 1. The monoisotopic (exact) mass is 238 g/mol. The summed E-state index contributed by atoms with van der Waals surface area (Å²) in [7, 11) is 0. The molecule has 0 aliphatic heterocycles. The molecule has 0 aliphatic carbocycles. The number of carbonyl (C=O) groups is 1. The lowest BCUT2D eigenvalue weighted by Crippen LogP contribution is -2.10. The van der Waals surface area contributed by atoms with Gasteiger partial charge in [0.1, 0.15) is 0 Å². The first kappa shape index (κ1) is 11.8. The number of hydrogen-bond acceptors (Lipinski definition) is 1. The van der Waals surface area contributed by atoms with Crippen LogP contribution < -0.4 is 0 Å². The summed E-state index contributed by atoms with van der Waals surface area (Å²) < 4.78 is 37.3. The second-order valence-corrected chi connectivity index (χ2v) is 3.34. The second kappa shape index (κ2) is 3.73. The number of benzene rings is 1. The van der Waals surface area contributed by atoms with Crippen molar-refractivity contribution in [2.75, 3.05) is 0 Å². The molecule has 0 radical (unpaired) electrons. The highest BCUT2D eigenvalue weighted by molar-refractivity contribution is 6.31. The van der Waals surface area contributed by atoms with Gasteiger partial charge >= 0.3 is 12.1 Å². The summed E-state index contributed by atoms with van der Waals surface area (Å²) in [6, 6.07) is 1.57. The van der Waals surface area contributed by atoms with Gasteiger partial charge in [-0.3, -0.25) is 0 Å². The van der Waals surface area contributed by atoms with E-state index in [1.54, 1.807) is 0 Å². The largest absolute Gasteiger partial charge is 0.478 e. The fourth-order valence-corrected chi connectivity index (χ4v) is 1.32. The summed E-state index contributed by atoms with van der Waals surface area (Å²) in [5.74, 6) is -1.44. The predicted octanol–water partition coefficient (Wildman–Crippen LogP) is 3.37. The van der Waals surface area contributed by atoms with Crippen LogP contribution in [-0.4, -0.2) is 11.1 Å². The second-order valence-electron chi connectivity index (χ2n) is 2.93. The quantitative estimate of drug-likeness (QED) is 0.815. The molecule has 1 N–H and O–H groups in total. The zero-order valence-corrected chi connectivity index (χ0v) is 8.28. The molecular weight excluding hydrogens is 233 g/mol. The summed E-state index contributed by atoms with van der Waals surface area (Å²) in [5, 5.41) is 8.36. The van der Waals surface area contributed by atoms with Crippen molar-refractivity contribution >= 4 is 17.6 Å². The standard InChI is InChI=1S/C9H6ClF3O2/c1-4-6(9(11,12)13)2-5(8(14)15)3-7(4)10/h2-3H,1H3,(H,14,15). The Morgan fingerprint density at radius 2 is 1.93 bits per heavy atom. The van der Waals surface area contributed by atoms with Crippen molar-refractivity contribution in [3.63, 3.8) is 0 Å². The van der Waals surface area contributed by atoms with Crippen molar-refractivity contribution in [3.8, 4) is 0 Å². The lowest BCUT2D eigenvalue weighted by atomic mass is 10.0. The van der Waals surface area contributed by atoms with Crippen molar-refractivity contribution in [2.24, 2.45) is 0 Å². The number of hydrogen-bond donors (Lipinski definition) is 1. The summed E-state index contributed by atoms with van der Waals surface area (Å²) in [5.41, 5.74) is -1.67. The SMILES string of the molecule is Cc1c(Cl)cc(C(=O)O)cc1C(F)(F)F. The highest BCUT2D eigenvalue weighted by atomic mass is 35.5. The van der Waals surface area contributed by atoms with Gasteiger partial charge in [0.25, 0.3) is 0 Å². The van der Waals surface area contributed by atoms with Gasteiger partial charge in [-0.2, -0.15) is 13.2 Å². The Morgan fingerprint density at radius 3 is 2.33 bits per heavy atom. The fourth-order valence-electron chi connectivity index (χ4n) is 1.10. The molecule has 0 fully saturated rings. The predicted molar refractivity (Wildman–Crippen MR) is 48.2 cm³/mol. The van der Waals surface area contributed by atoms with Gasteiger partial charge in [0.15, 0.2) is 0 Å². The van der Waals surface area contributed by atoms with E-state index >= 15 is 0 Å². The third kappa shape index (κ3) is 2.41. The van der Waals surface area contributed by atoms with Crippen molar-refractivity contribution < 1.29 is 23.1 Å². The van der Waals surface area contributed by atoms with Gasteiger partial charge in [0, 0.05) is 5.02 Å². The molecule has 0 bridgehead atoms. The number of carboxylic acids is 1. The van der Waals surface area contributed by atoms with Crippen LogP contribution in [0.25, 0.3) is 0 Å². The molecule has 82 valence electrons. The van der Waals surface area contributed by atoms with Crippen molar-refractivity contribution in [3.05, 3.63) is 33.8 Å². The summed E-state index contributed by atoms with van der Waals surface area (Å²) >= 11 is 5.51. The van der Waals surface area contributed by atoms with Gasteiger partial charge in [0.05, 0.1) is 11.1 Å². The van der Waals surface area contributed by atoms with Crippen LogP contribution >= 0.6 is 11.6 Å². The Morgan fingerprint density at radius 1 is 1.40 bits per heavy atom. The Kier molecular flexibility index (Phi) is 2.95. The van der Waals surface area contributed by atoms with E-state index in [-0.39, 0.29) is 10.6 Å². The van der Waals surface area contributed by atoms with Crippen LogP contribution in [0.2, 0.25) is 5.02 Å². The lowest BCUT2D eigenvalue weighted by molar-refractivity contribution is -0.138. The third-order valence-electron chi connectivity index (χ3n) is 1.90. The zero-order chi connectivity index (χ0) is 11.8. The molecule has 1 aromatic rings. The average molecular weight is 239 g/mol. The Balaban J connectivity index is 3.45. The van der Waals surface area contributed by atoms with Gasteiger partial charge in [-0.05, 0) is 24.6 Å². The highest BCUT2D eigenvalue weighted by Crippen LogP contribution is 2.35. The maximum atomic E-state index is 12.4. The van der Waals surface area contributed by atoms with Gasteiger partial charge in [-0.25, -0.2) is 4.79 Å². The highest BCUT2D eigenvalue weighted by Gasteiger charge is 2.34. The molecule has 0 spiro atoms. The van der Waals surface area contributed by atoms with E-state index in [1.165, 1.54) is 6.92 Å². The number of carboxylic acid groups (broad SMARTS) is 1. The van der Waals surface area contributed by atoms with Gasteiger partial charge in [-0.1, -0.05) is 11.6 Å². The van der Waals surface area contributed by atoms with E-state index in [2.05, 4.69) is 0 Å². The first-order chi connectivity index (χ1) is 6.73. The molecule has 0 aliphatic rings. The zero-order valence-electron chi connectivity index (χ0n) is 7.52. The molecule has 0 heterocycles. The number of rotatable bonds is 1. The number of halogens is 4. The molecule has 0 saturated carbocycles. The van der Waals surface area contributed by atoms with E-state index in [9.17, 15) is 18.0 Å². The van der Waals surface area contributed by atoms with Gasteiger partial charge < -0.3 is 5.11 Å². The summed E-state index contributed by atoms with van der Waals surface area (Å²) in [6.07, 6.45) is -4.60. The normalized spacial score (nSPS) is 11.5. The van der Waals surface area contributed by atoms with Crippen molar-refractivity contribution in [1.82, 2.24) is 0 Å². The van der Waals surface area contributed by atoms with E-state index in [4.69, 9.17) is 16.7 Å². The number of alkyl halides is 3. The van der Waals surface area contributed by atoms with Gasteiger partial charge in [-0.15, -0.1) is 0 Å². The van der Waals surface area contributed by atoms with Crippen LogP contribution in [0.15, 0.2) is 12.1 Å². The minimum Gasteiger partial charge on any atom is -0.478 e. The van der Waals surface area contributed by atoms with Crippen LogP contribution in [0.4, 0.5) is 13.2 Å². The Labute approximate surface area is 88.3 Å². The first-order valence-corrected chi connectivity index (χ1v) is 4.22. The smallest absolute Gasteiger partial charge is 0.416 e. The molecule has 1 rings (SSSR count). The molecule has 2 nitrogen and oxygen atoms in total. The molecule has 0 aromatic heterocycles. The topological polar surface area (TPSA) is 37.3 Å². The molecule has 0 unspecified atom stereocenters. The van der Waals surface area contributed by atoms with Crippen LogP contribution in [-0.2, 0) is 6.18 Å². The maximum Gasteiger partial charge on any atom is 0.416 e. The minimum atomic E-state index is -4.60. The van der Waals surface area contributed by atoms with Gasteiger partial charge in [0.2, 0.25) is 0 Å². The maximum absolute atomic E-state index is 12.4. The summed E-state index contributed by atoms with van der Waals surface area (Å²) in [4.78, 5) is 10.5. The molecule has 0 saturated heterocycles. The van der Waals surface area contributed by atoms with Crippen LogP contribution in [0, 0.1) is 6.92 Å². The average Bonchev–Trinajstić information content (AvgIpc) is 2.06. The minimum absolute atomic E-state index is 0.172. The van der Waals surface area contributed by atoms with E-state index in [0.29, 0.717) is 6.07 Å². The molecule has 0 amide bonds. The third-order valence-corrected chi connectivity index (χ3v) is 2.29. The molecule has 6 heteroatoms. The van der Waals surface area contributed by atoms with E-state index in [1.807, 2.05) is 0 Å². The Hall–Kier alpha value is -1.23. The fraction of sp³-hybridized carbons (Fsp3) is 0.222. The lowest BCUT2D eigenvalue weighted by Gasteiger charge is -2.12. The molecule has 15 heavy (non-hydrogen) atoms. The van der Waals surface area contributed by atoms with Crippen LogP contribution in [0.1, 0.15) is 21.5 Å². The molecule has 1 aromatic carbocycles. The van der Waals surface area contributed by atoms with Crippen molar-refractivity contribution in [1.29, 1.82) is 0 Å². The van der Waals surface area contributed by atoms with E-state index < -0.39 is 23.3 Å². The summed E-state index contributed by atoms with van der Waals surface area (Å²) in [6.45, 7) is 1.19. The molecule has 0 atom stereocenters. The van der Waals surface area contributed by atoms with Crippen LogP contribution in [0.3, 0.4) is 0 Å². The first-order valence-electron chi connectivity index (χ1n) is 3.84. The Bertz CT molecular complexity index is 413.